The first-order valence-electron chi connectivity index (χ1n) is 9.31. The number of ether oxygens (including phenoxy) is 1. The molecule has 0 radical (unpaired) electrons. The summed E-state index contributed by atoms with van der Waals surface area (Å²) < 4.78 is 5.66. The van der Waals surface area contributed by atoms with Crippen molar-refractivity contribution in [1.82, 2.24) is 4.98 Å². The van der Waals surface area contributed by atoms with Crippen molar-refractivity contribution in [2.24, 2.45) is 0 Å². The van der Waals surface area contributed by atoms with Crippen LogP contribution in [0.2, 0.25) is 0 Å². The smallest absolute Gasteiger partial charge is 0.283 e. The number of hydrogen-bond donors (Lipinski definition) is 1. The highest BCUT2D eigenvalue weighted by atomic mass is 16.8. The van der Waals surface area contributed by atoms with Crippen LogP contribution in [0.4, 0.5) is 5.69 Å². The number of aromatic amines is 1. The molecule has 5 rings (SSSR count). The molecule has 0 spiro atoms. The van der Waals surface area contributed by atoms with Crippen LogP contribution in [0.25, 0.3) is 22.6 Å². The van der Waals surface area contributed by atoms with Crippen molar-refractivity contribution in [1.29, 1.82) is 0 Å². The first kappa shape index (κ1) is 16.3. The third-order valence-electron chi connectivity index (χ3n) is 5.11. The van der Waals surface area contributed by atoms with E-state index in [1.54, 1.807) is 0 Å². The van der Waals surface area contributed by atoms with Gasteiger partial charge in [0.2, 0.25) is 0 Å². The van der Waals surface area contributed by atoms with E-state index in [1.165, 1.54) is 5.06 Å². The number of anilines is 1. The van der Waals surface area contributed by atoms with Gasteiger partial charge in [-0.1, -0.05) is 36.4 Å². The summed E-state index contributed by atoms with van der Waals surface area (Å²) in [7, 11) is 0. The van der Waals surface area contributed by atoms with Crippen molar-refractivity contribution in [3.63, 3.8) is 0 Å². The van der Waals surface area contributed by atoms with Crippen molar-refractivity contribution in [3.05, 3.63) is 65.9 Å². The number of carbonyl (C=O) groups is 1. The molecule has 2 aliphatic rings. The number of fused-ring (bicyclic) bond motifs is 2. The lowest BCUT2D eigenvalue weighted by Gasteiger charge is -2.26. The van der Waals surface area contributed by atoms with Crippen LogP contribution >= 0.6 is 0 Å². The Morgan fingerprint density at radius 2 is 1.96 bits per heavy atom. The summed E-state index contributed by atoms with van der Waals surface area (Å²) in [4.78, 5) is 22.4. The monoisotopic (exact) mass is 360 g/mol. The molecule has 1 atom stereocenters. The van der Waals surface area contributed by atoms with Gasteiger partial charge < -0.3 is 9.72 Å². The van der Waals surface area contributed by atoms with E-state index in [4.69, 9.17) is 9.57 Å². The van der Waals surface area contributed by atoms with E-state index in [-0.39, 0.29) is 12.2 Å². The molecule has 2 aliphatic heterocycles. The average molecular weight is 360 g/mol. The SMILES string of the molecule is O=C1C(=Cc2c[nH]c3ccccc23)c2ccccc2N1OC1CCCCO1. The molecule has 1 N–H and O–H groups in total. The third kappa shape index (κ3) is 2.85. The quantitative estimate of drug-likeness (QED) is 0.699. The van der Waals surface area contributed by atoms with Crippen molar-refractivity contribution in [3.8, 4) is 0 Å². The first-order valence-corrected chi connectivity index (χ1v) is 9.31. The zero-order valence-corrected chi connectivity index (χ0v) is 14.9. The van der Waals surface area contributed by atoms with E-state index in [9.17, 15) is 4.79 Å². The summed E-state index contributed by atoms with van der Waals surface area (Å²) >= 11 is 0. The Bertz CT molecular complexity index is 1030. The van der Waals surface area contributed by atoms with Crippen LogP contribution in [0, 0.1) is 0 Å². The van der Waals surface area contributed by atoms with Crippen LogP contribution in [-0.2, 0) is 14.4 Å². The fraction of sp³-hybridized carbons (Fsp3) is 0.227. The molecular formula is C22H20N2O3. The fourth-order valence-corrected chi connectivity index (χ4v) is 3.74. The Labute approximate surface area is 157 Å². The Morgan fingerprint density at radius 1 is 1.11 bits per heavy atom. The van der Waals surface area contributed by atoms with E-state index in [0.29, 0.717) is 12.2 Å². The normalized spacial score (nSPS) is 21.2. The average Bonchev–Trinajstić information content (AvgIpc) is 3.24. The predicted octanol–water partition coefficient (Wildman–Crippen LogP) is 4.51. The van der Waals surface area contributed by atoms with Crippen LogP contribution in [0.5, 0.6) is 0 Å². The lowest BCUT2D eigenvalue weighted by molar-refractivity contribution is -0.174. The summed E-state index contributed by atoms with van der Waals surface area (Å²) in [6.45, 7) is 0.673. The minimum absolute atomic E-state index is 0.157. The minimum atomic E-state index is -0.372. The summed E-state index contributed by atoms with van der Waals surface area (Å²) in [6.07, 6.45) is 6.38. The number of hydroxylamine groups is 1. The number of para-hydroxylation sites is 2. The second kappa shape index (κ2) is 6.68. The number of nitrogens with zero attached hydrogens (tertiary/aromatic N) is 1. The van der Waals surface area contributed by atoms with Gasteiger partial charge in [0.25, 0.3) is 5.91 Å². The maximum atomic E-state index is 13.2. The highest BCUT2D eigenvalue weighted by molar-refractivity contribution is 6.35. The highest BCUT2D eigenvalue weighted by Gasteiger charge is 2.35. The summed E-state index contributed by atoms with van der Waals surface area (Å²) in [5.74, 6) is -0.157. The number of H-pyrrole nitrogens is 1. The largest absolute Gasteiger partial charge is 0.361 e. The van der Waals surface area contributed by atoms with Gasteiger partial charge >= 0.3 is 0 Å². The standard InChI is InChI=1S/C22H20N2O3/c25-22-18(13-15-14-23-19-9-3-1-7-16(15)19)17-8-2-4-10-20(17)24(22)27-21-11-5-6-12-26-21/h1-4,7-10,13-14,21,23H,5-6,11-12H2. The van der Waals surface area contributed by atoms with Gasteiger partial charge in [-0.25, -0.2) is 4.84 Å². The summed E-state index contributed by atoms with van der Waals surface area (Å²) in [5.41, 5.74) is 4.31. The van der Waals surface area contributed by atoms with Crippen LogP contribution in [-0.4, -0.2) is 23.8 Å². The maximum absolute atomic E-state index is 13.2. The van der Waals surface area contributed by atoms with Gasteiger partial charge in [0, 0.05) is 41.3 Å². The molecule has 3 aromatic rings. The molecule has 5 heteroatoms. The van der Waals surface area contributed by atoms with Gasteiger partial charge in [0.1, 0.15) is 0 Å². The Kier molecular flexibility index (Phi) is 4.03. The van der Waals surface area contributed by atoms with Crippen molar-refractivity contribution in [2.75, 3.05) is 11.7 Å². The number of hydrogen-bond acceptors (Lipinski definition) is 3. The zero-order valence-electron chi connectivity index (χ0n) is 14.9. The second-order valence-corrected chi connectivity index (χ2v) is 6.87. The Hall–Kier alpha value is -2.89. The summed E-state index contributed by atoms with van der Waals surface area (Å²) in [6, 6.07) is 15.8. The molecule has 0 bridgehead atoms. The molecular weight excluding hydrogens is 340 g/mol. The molecule has 1 fully saturated rings. The number of nitrogens with one attached hydrogen (secondary N) is 1. The Morgan fingerprint density at radius 3 is 2.85 bits per heavy atom. The molecule has 1 amide bonds. The van der Waals surface area contributed by atoms with Gasteiger partial charge in [0.15, 0.2) is 6.29 Å². The predicted molar refractivity (Wildman–Crippen MR) is 105 cm³/mol. The first-order chi connectivity index (χ1) is 13.3. The van der Waals surface area contributed by atoms with Gasteiger partial charge in [0.05, 0.1) is 11.3 Å². The highest BCUT2D eigenvalue weighted by Crippen LogP contribution is 2.39. The molecule has 5 nitrogen and oxygen atoms in total. The number of benzene rings is 2. The van der Waals surface area contributed by atoms with E-state index in [2.05, 4.69) is 4.98 Å². The molecule has 1 saturated heterocycles. The van der Waals surface area contributed by atoms with E-state index in [1.807, 2.05) is 60.8 Å². The van der Waals surface area contributed by atoms with Crippen LogP contribution < -0.4 is 5.06 Å². The molecule has 1 unspecified atom stereocenters. The zero-order chi connectivity index (χ0) is 18.2. The van der Waals surface area contributed by atoms with Gasteiger partial charge in [-0.2, -0.15) is 5.06 Å². The molecule has 1 aromatic heterocycles. The lowest BCUT2D eigenvalue weighted by Crippen LogP contribution is -2.35. The molecule has 0 aliphatic carbocycles. The van der Waals surface area contributed by atoms with E-state index < -0.39 is 0 Å². The van der Waals surface area contributed by atoms with Crippen LogP contribution in [0.1, 0.15) is 30.4 Å². The number of amides is 1. The molecule has 27 heavy (non-hydrogen) atoms. The molecule has 136 valence electrons. The van der Waals surface area contributed by atoms with Crippen LogP contribution in [0.15, 0.2) is 54.7 Å². The van der Waals surface area contributed by atoms with Crippen LogP contribution in [0.3, 0.4) is 0 Å². The topological polar surface area (TPSA) is 54.6 Å². The maximum Gasteiger partial charge on any atom is 0.283 e. The molecule has 0 saturated carbocycles. The van der Waals surface area contributed by atoms with Crippen molar-refractivity contribution < 1.29 is 14.4 Å². The van der Waals surface area contributed by atoms with Gasteiger partial charge in [-0.05, 0) is 31.1 Å². The van der Waals surface area contributed by atoms with E-state index >= 15 is 0 Å². The van der Waals surface area contributed by atoms with Crippen molar-refractivity contribution >= 4 is 34.1 Å². The number of aromatic nitrogens is 1. The van der Waals surface area contributed by atoms with Crippen molar-refractivity contribution in [2.45, 2.75) is 25.6 Å². The second-order valence-electron chi connectivity index (χ2n) is 6.87. The number of rotatable bonds is 3. The minimum Gasteiger partial charge on any atom is -0.361 e. The lowest BCUT2D eigenvalue weighted by atomic mass is 10.0. The fourth-order valence-electron chi connectivity index (χ4n) is 3.74. The third-order valence-corrected chi connectivity index (χ3v) is 5.11. The number of carbonyl (C=O) groups excluding carboxylic acids is 1. The summed E-state index contributed by atoms with van der Waals surface area (Å²) in [5, 5.41) is 2.48. The van der Waals surface area contributed by atoms with Gasteiger partial charge in [-0.15, -0.1) is 0 Å². The molecule has 3 heterocycles. The Balaban J connectivity index is 1.54. The van der Waals surface area contributed by atoms with Gasteiger partial charge in [-0.3, -0.25) is 4.79 Å². The van der Waals surface area contributed by atoms with E-state index in [0.717, 1.165) is 47.0 Å². The molecule has 2 aromatic carbocycles.